The van der Waals surface area contributed by atoms with E-state index >= 15 is 0 Å². The minimum absolute atomic E-state index is 0.00660. The molecule has 7 nitrogen and oxygen atoms in total. The molecule has 32 heavy (non-hydrogen) atoms. The lowest BCUT2D eigenvalue weighted by Gasteiger charge is -2.12. The predicted molar refractivity (Wildman–Crippen MR) is 121 cm³/mol. The Hall–Kier alpha value is -3.48. The van der Waals surface area contributed by atoms with E-state index in [4.69, 9.17) is 21.6 Å². The molecule has 0 fully saturated rings. The predicted octanol–water partition coefficient (Wildman–Crippen LogP) is 4.30. The van der Waals surface area contributed by atoms with Gasteiger partial charge in [0.25, 0.3) is 5.56 Å². The van der Waals surface area contributed by atoms with Crippen LogP contribution < -0.4 is 16.0 Å². The fraction of sp³-hybridized carbons (Fsp3) is 0.182. The van der Waals surface area contributed by atoms with Crippen LogP contribution in [0.5, 0.6) is 5.75 Å². The fourth-order valence-corrected chi connectivity index (χ4v) is 4.86. The summed E-state index contributed by atoms with van der Waals surface area (Å²) in [5, 5.41) is 9.21. The number of ether oxygens (including phenoxy) is 1. The number of aryl methyl sites for hydroxylation is 2. The number of halogens is 2. The summed E-state index contributed by atoms with van der Waals surface area (Å²) in [5.74, 6) is -0.602. The molecule has 3 heterocycles. The monoisotopic (exact) mass is 470 g/mol. The SMILES string of the molecule is COc1cc(-c2cc3c(s2)c(=O)n(-c2cnccc2C)c(=O)n3CCC#N)c(Cl)cc1F. The molecular formula is C22H16ClFN4O3S. The first-order valence-corrected chi connectivity index (χ1v) is 10.7. The molecule has 0 atom stereocenters. The number of methoxy groups -OCH3 is 1. The highest BCUT2D eigenvalue weighted by Crippen LogP contribution is 2.38. The van der Waals surface area contributed by atoms with E-state index in [1.54, 1.807) is 25.3 Å². The fourth-order valence-electron chi connectivity index (χ4n) is 3.43. The zero-order chi connectivity index (χ0) is 23.0. The van der Waals surface area contributed by atoms with Gasteiger partial charge in [0.15, 0.2) is 11.6 Å². The number of hydrogen-bond donors (Lipinski definition) is 0. The van der Waals surface area contributed by atoms with Gasteiger partial charge in [-0.3, -0.25) is 14.3 Å². The van der Waals surface area contributed by atoms with Gasteiger partial charge in [-0.05, 0) is 36.8 Å². The Morgan fingerprint density at radius 1 is 1.31 bits per heavy atom. The van der Waals surface area contributed by atoms with E-state index in [0.717, 1.165) is 22.0 Å². The van der Waals surface area contributed by atoms with Crippen LogP contribution >= 0.6 is 22.9 Å². The van der Waals surface area contributed by atoms with Gasteiger partial charge in [0, 0.05) is 23.2 Å². The summed E-state index contributed by atoms with van der Waals surface area (Å²) < 4.78 is 21.8. The molecule has 0 amide bonds. The Morgan fingerprint density at radius 2 is 2.09 bits per heavy atom. The van der Waals surface area contributed by atoms with Crippen LogP contribution in [0.25, 0.3) is 26.3 Å². The van der Waals surface area contributed by atoms with Gasteiger partial charge < -0.3 is 4.74 Å². The number of pyridine rings is 1. The third-order valence-electron chi connectivity index (χ3n) is 5.03. The first kappa shape index (κ1) is 21.7. The van der Waals surface area contributed by atoms with E-state index in [1.165, 1.54) is 23.9 Å². The van der Waals surface area contributed by atoms with Crippen LogP contribution in [-0.2, 0) is 6.54 Å². The summed E-state index contributed by atoms with van der Waals surface area (Å²) in [7, 11) is 1.34. The lowest BCUT2D eigenvalue weighted by molar-refractivity contribution is 0.387. The molecule has 4 rings (SSSR count). The first-order valence-electron chi connectivity index (χ1n) is 9.48. The zero-order valence-corrected chi connectivity index (χ0v) is 18.6. The van der Waals surface area contributed by atoms with Crippen LogP contribution in [-0.4, -0.2) is 21.2 Å². The van der Waals surface area contributed by atoms with Gasteiger partial charge in [0.2, 0.25) is 0 Å². The lowest BCUT2D eigenvalue weighted by atomic mass is 10.1. The van der Waals surface area contributed by atoms with Gasteiger partial charge in [-0.1, -0.05) is 11.6 Å². The van der Waals surface area contributed by atoms with Crippen molar-refractivity contribution in [1.82, 2.24) is 14.1 Å². The second kappa shape index (κ2) is 8.57. The van der Waals surface area contributed by atoms with E-state index in [2.05, 4.69) is 4.98 Å². The number of thiophene rings is 1. The lowest BCUT2D eigenvalue weighted by Crippen LogP contribution is -2.38. The minimum Gasteiger partial charge on any atom is -0.494 e. The van der Waals surface area contributed by atoms with Crippen molar-refractivity contribution >= 4 is 33.2 Å². The van der Waals surface area contributed by atoms with Gasteiger partial charge in [-0.25, -0.2) is 13.8 Å². The Labute approximate surface area is 190 Å². The molecule has 3 aromatic heterocycles. The number of fused-ring (bicyclic) bond motifs is 1. The van der Waals surface area contributed by atoms with Gasteiger partial charge in [-0.2, -0.15) is 5.26 Å². The van der Waals surface area contributed by atoms with Crippen molar-refractivity contribution in [3.63, 3.8) is 0 Å². The highest BCUT2D eigenvalue weighted by atomic mass is 35.5. The maximum atomic E-state index is 14.0. The molecule has 0 unspecified atom stereocenters. The number of nitrogens with zero attached hydrogens (tertiary/aromatic N) is 4. The molecule has 0 aliphatic rings. The van der Waals surface area contributed by atoms with Crippen LogP contribution in [0.4, 0.5) is 4.39 Å². The smallest absolute Gasteiger partial charge is 0.336 e. The summed E-state index contributed by atoms with van der Waals surface area (Å²) >= 11 is 7.40. The molecule has 1 aromatic carbocycles. The summed E-state index contributed by atoms with van der Waals surface area (Å²) in [6, 6.07) is 7.97. The zero-order valence-electron chi connectivity index (χ0n) is 17.1. The van der Waals surface area contributed by atoms with E-state index in [-0.39, 0.29) is 23.7 Å². The van der Waals surface area contributed by atoms with Crippen molar-refractivity contribution in [2.45, 2.75) is 19.9 Å². The summed E-state index contributed by atoms with van der Waals surface area (Å²) in [4.78, 5) is 31.3. The van der Waals surface area contributed by atoms with E-state index in [0.29, 0.717) is 31.9 Å². The van der Waals surface area contributed by atoms with Gasteiger partial charge >= 0.3 is 5.69 Å². The van der Waals surface area contributed by atoms with Crippen molar-refractivity contribution in [3.05, 3.63) is 73.9 Å². The standard InChI is InChI=1S/C22H16ClFN4O3S/c1-12-4-6-26-11-17(12)28-21(29)20-16(27(22(28)30)7-3-5-25)10-19(32-20)13-8-18(31-2)15(24)9-14(13)23/h4,6,8-11H,3,7H2,1-2H3. The molecule has 162 valence electrons. The largest absolute Gasteiger partial charge is 0.494 e. The van der Waals surface area contributed by atoms with Gasteiger partial charge in [0.05, 0.1) is 42.0 Å². The molecule has 0 saturated heterocycles. The number of benzene rings is 1. The number of aromatic nitrogens is 3. The van der Waals surface area contributed by atoms with Crippen LogP contribution in [0.15, 0.2) is 46.2 Å². The maximum absolute atomic E-state index is 14.0. The molecule has 0 saturated carbocycles. The average Bonchev–Trinajstić information content (AvgIpc) is 3.20. The van der Waals surface area contributed by atoms with Crippen LogP contribution in [0.2, 0.25) is 5.02 Å². The Balaban J connectivity index is 2.06. The highest BCUT2D eigenvalue weighted by Gasteiger charge is 2.21. The van der Waals surface area contributed by atoms with Crippen LogP contribution in [0.3, 0.4) is 0 Å². The molecule has 0 aliphatic heterocycles. The van der Waals surface area contributed by atoms with Gasteiger partial charge in [0.1, 0.15) is 4.70 Å². The Bertz CT molecular complexity index is 1520. The average molecular weight is 471 g/mol. The van der Waals surface area contributed by atoms with E-state index in [9.17, 15) is 14.0 Å². The first-order chi connectivity index (χ1) is 15.4. The summed E-state index contributed by atoms with van der Waals surface area (Å²) in [5.41, 5.74) is 0.845. The molecule has 10 heteroatoms. The molecule has 0 spiro atoms. The van der Waals surface area contributed by atoms with Crippen LogP contribution in [0, 0.1) is 24.1 Å². The Kier molecular flexibility index (Phi) is 5.82. The molecule has 0 bridgehead atoms. The summed E-state index contributed by atoms with van der Waals surface area (Å²) in [6.45, 7) is 1.87. The third kappa shape index (κ3) is 3.57. The minimum atomic E-state index is -0.609. The molecule has 0 radical (unpaired) electrons. The molecular weight excluding hydrogens is 455 g/mol. The molecule has 0 aliphatic carbocycles. The van der Waals surface area contributed by atoms with E-state index < -0.39 is 17.1 Å². The van der Waals surface area contributed by atoms with Crippen molar-refractivity contribution in [2.24, 2.45) is 0 Å². The van der Waals surface area contributed by atoms with E-state index in [1.807, 2.05) is 6.07 Å². The summed E-state index contributed by atoms with van der Waals surface area (Å²) in [6.07, 6.45) is 3.11. The quantitative estimate of drug-likeness (QED) is 0.434. The maximum Gasteiger partial charge on any atom is 0.336 e. The third-order valence-corrected chi connectivity index (χ3v) is 6.49. The number of rotatable bonds is 5. The Morgan fingerprint density at radius 3 is 2.78 bits per heavy atom. The normalized spacial score (nSPS) is 11.0. The number of hydrogen-bond acceptors (Lipinski definition) is 6. The van der Waals surface area contributed by atoms with Gasteiger partial charge in [-0.15, -0.1) is 11.3 Å². The van der Waals surface area contributed by atoms with Crippen molar-refractivity contribution in [3.8, 4) is 27.9 Å². The number of nitriles is 1. The molecule has 0 N–H and O–H groups in total. The van der Waals surface area contributed by atoms with Crippen molar-refractivity contribution in [2.75, 3.05) is 7.11 Å². The highest BCUT2D eigenvalue weighted by molar-refractivity contribution is 7.22. The second-order valence-corrected chi connectivity index (χ2v) is 8.40. The van der Waals surface area contributed by atoms with Crippen LogP contribution in [0.1, 0.15) is 12.0 Å². The van der Waals surface area contributed by atoms with Crippen molar-refractivity contribution in [1.29, 1.82) is 5.26 Å². The van der Waals surface area contributed by atoms with Crippen molar-refractivity contribution < 1.29 is 9.13 Å². The second-order valence-electron chi connectivity index (χ2n) is 6.94. The topological polar surface area (TPSA) is 89.9 Å². The molecule has 4 aromatic rings.